The van der Waals surface area contributed by atoms with Gasteiger partial charge in [-0.05, 0) is 42.0 Å². The minimum absolute atomic E-state index is 0. The van der Waals surface area contributed by atoms with Crippen molar-refractivity contribution in [1.29, 1.82) is 0 Å². The molecule has 1 aromatic heterocycles. The van der Waals surface area contributed by atoms with E-state index in [0.29, 0.717) is 22.2 Å². The number of benzene rings is 3. The van der Waals surface area contributed by atoms with E-state index in [2.05, 4.69) is 4.72 Å². The number of hydrogen-bond acceptors (Lipinski definition) is 5. The molecule has 162 valence electrons. The van der Waals surface area contributed by atoms with Gasteiger partial charge in [-0.3, -0.25) is 8.93 Å². The van der Waals surface area contributed by atoms with Crippen molar-refractivity contribution >= 4 is 43.2 Å². The van der Waals surface area contributed by atoms with Gasteiger partial charge in [-0.25, -0.2) is 4.39 Å². The molecule has 3 aromatic carbocycles. The molecule has 0 aliphatic carbocycles. The third-order valence-corrected chi connectivity index (χ3v) is 7.01. The van der Waals surface area contributed by atoms with Gasteiger partial charge in [0.2, 0.25) is 5.09 Å². The Morgan fingerprint density at radius 2 is 1.77 bits per heavy atom. The average Bonchev–Trinajstić information content (AvgIpc) is 3.13. The Bertz CT molecular complexity index is 1330. The minimum atomic E-state index is -4.17. The highest BCUT2D eigenvalue weighted by Gasteiger charge is 2.23. The molecular weight excluding hydrogens is 439 g/mol. The summed E-state index contributed by atoms with van der Waals surface area (Å²) >= 11 is 0. The Kier molecular flexibility index (Phi) is 6.47. The molecule has 1 heterocycles. The summed E-state index contributed by atoms with van der Waals surface area (Å²) in [5.74, 6) is -0.572. The zero-order chi connectivity index (χ0) is 21.3. The molecule has 3 N–H and O–H groups in total. The number of furan rings is 1. The third kappa shape index (κ3) is 4.95. The molecule has 0 radical (unpaired) electrons. The van der Waals surface area contributed by atoms with Crippen LogP contribution in [0.1, 0.15) is 13.0 Å². The smallest absolute Gasteiger partial charge is 0.295 e. The van der Waals surface area contributed by atoms with Crippen LogP contribution in [0.25, 0.3) is 11.0 Å². The topological polar surface area (TPSA) is 102 Å². The number of nitrogen functional groups attached to an aromatic ring is 1. The fraction of sp³-hybridized carbons (Fsp3) is 0.0909. The predicted octanol–water partition coefficient (Wildman–Crippen LogP) is 4.90. The first kappa shape index (κ1) is 22.5. The minimum Gasteiger partial charge on any atom is -0.443 e. The van der Waals surface area contributed by atoms with Crippen molar-refractivity contribution in [1.82, 2.24) is 0 Å². The first-order valence-corrected chi connectivity index (χ1v) is 11.7. The Hall–Kier alpha value is -3.17. The highest BCUT2D eigenvalue weighted by atomic mass is 32.2. The van der Waals surface area contributed by atoms with Crippen molar-refractivity contribution in [2.45, 2.75) is 23.2 Å². The van der Waals surface area contributed by atoms with Crippen molar-refractivity contribution in [3.8, 4) is 0 Å². The van der Waals surface area contributed by atoms with Crippen molar-refractivity contribution in [3.63, 3.8) is 0 Å². The Labute approximate surface area is 182 Å². The molecule has 6 nitrogen and oxygen atoms in total. The lowest BCUT2D eigenvalue weighted by molar-refractivity contribution is 0.484. The molecule has 4 rings (SSSR count). The lowest BCUT2D eigenvalue weighted by atomic mass is 10.2. The lowest BCUT2D eigenvalue weighted by Gasteiger charge is -2.12. The fourth-order valence-electron chi connectivity index (χ4n) is 2.98. The van der Waals surface area contributed by atoms with E-state index in [1.165, 1.54) is 12.1 Å². The third-order valence-electron chi connectivity index (χ3n) is 4.35. The largest absolute Gasteiger partial charge is 0.443 e. The van der Waals surface area contributed by atoms with Crippen LogP contribution in [0.15, 0.2) is 87.2 Å². The SMILES string of the molecule is C.Nc1cccc(CS(=O)c2ccc(F)cc2NS(=O)(=O)c2cc3ccccc3o2)c1. The van der Waals surface area contributed by atoms with Crippen LogP contribution >= 0.6 is 0 Å². The van der Waals surface area contributed by atoms with E-state index in [-0.39, 0.29) is 28.9 Å². The zero-order valence-electron chi connectivity index (χ0n) is 15.5. The van der Waals surface area contributed by atoms with Gasteiger partial charge in [-0.1, -0.05) is 37.8 Å². The highest BCUT2D eigenvalue weighted by molar-refractivity contribution is 7.92. The standard InChI is InChI=1S/C21H17FN2O4S2.CH4/c22-16-8-9-20(29(25)13-14-4-3-6-17(23)10-14)18(12-16)24-30(26,27)21-11-15-5-1-2-7-19(15)28-21;/h1-12,24H,13,23H2;1H4. The molecule has 0 fully saturated rings. The van der Waals surface area contributed by atoms with Crippen molar-refractivity contribution in [2.24, 2.45) is 0 Å². The maximum absolute atomic E-state index is 13.9. The molecule has 0 aliphatic rings. The summed E-state index contributed by atoms with van der Waals surface area (Å²) in [5, 5.41) is 0.295. The maximum atomic E-state index is 13.9. The first-order chi connectivity index (χ1) is 14.3. The van der Waals surface area contributed by atoms with Crippen molar-refractivity contribution in [3.05, 3.63) is 84.2 Å². The number of fused-ring (bicyclic) bond motifs is 1. The summed E-state index contributed by atoms with van der Waals surface area (Å²) in [7, 11) is -5.81. The van der Waals surface area contributed by atoms with Crippen molar-refractivity contribution < 1.29 is 21.4 Å². The monoisotopic (exact) mass is 460 g/mol. The predicted molar refractivity (Wildman–Crippen MR) is 121 cm³/mol. The normalized spacial score (nSPS) is 12.3. The van der Waals surface area contributed by atoms with Gasteiger partial charge in [-0.2, -0.15) is 8.42 Å². The summed E-state index contributed by atoms with van der Waals surface area (Å²) in [6.07, 6.45) is 0. The molecule has 9 heteroatoms. The van der Waals surface area contributed by atoms with Gasteiger partial charge >= 0.3 is 0 Å². The number of rotatable bonds is 6. The molecule has 31 heavy (non-hydrogen) atoms. The van der Waals surface area contributed by atoms with Gasteiger partial charge in [0.1, 0.15) is 11.4 Å². The maximum Gasteiger partial charge on any atom is 0.295 e. The van der Waals surface area contributed by atoms with Crippen LogP contribution in [0.5, 0.6) is 0 Å². The van der Waals surface area contributed by atoms with Gasteiger partial charge in [0, 0.05) is 17.1 Å². The molecule has 0 spiro atoms. The zero-order valence-corrected chi connectivity index (χ0v) is 17.2. The lowest BCUT2D eigenvalue weighted by Crippen LogP contribution is -2.14. The van der Waals surface area contributed by atoms with E-state index in [0.717, 1.165) is 12.1 Å². The van der Waals surface area contributed by atoms with Gasteiger partial charge in [0.25, 0.3) is 10.0 Å². The second kappa shape index (κ2) is 8.91. The van der Waals surface area contributed by atoms with Crippen LogP contribution in [0.2, 0.25) is 0 Å². The number of nitrogens with one attached hydrogen (secondary N) is 1. The van der Waals surface area contributed by atoms with Gasteiger partial charge < -0.3 is 10.2 Å². The number of anilines is 2. The summed E-state index contributed by atoms with van der Waals surface area (Å²) in [6, 6.07) is 18.5. The number of nitrogens with two attached hydrogens (primary N) is 1. The molecule has 0 aliphatic heterocycles. The Balaban J connectivity index is 0.00000272. The summed E-state index contributed by atoms with van der Waals surface area (Å²) in [5.41, 5.74) is 7.28. The molecule has 0 bridgehead atoms. The van der Waals surface area contributed by atoms with E-state index in [4.69, 9.17) is 10.2 Å². The number of sulfonamides is 1. The molecular formula is C22H21FN2O4S2. The van der Waals surface area contributed by atoms with Gasteiger partial charge in [0.15, 0.2) is 0 Å². The summed E-state index contributed by atoms with van der Waals surface area (Å²) in [6.45, 7) is 0. The number of halogens is 1. The fourth-order valence-corrected chi connectivity index (χ4v) is 5.30. The molecule has 0 saturated carbocycles. The second-order valence-corrected chi connectivity index (χ2v) is 9.62. The molecule has 0 amide bonds. The van der Waals surface area contributed by atoms with E-state index in [1.54, 1.807) is 48.5 Å². The van der Waals surface area contributed by atoms with Crippen LogP contribution in [0.3, 0.4) is 0 Å². The van der Waals surface area contributed by atoms with E-state index in [1.807, 2.05) is 0 Å². The number of hydrogen-bond donors (Lipinski definition) is 2. The molecule has 0 saturated heterocycles. The van der Waals surface area contributed by atoms with E-state index >= 15 is 0 Å². The molecule has 4 aromatic rings. The Morgan fingerprint density at radius 3 is 2.52 bits per heavy atom. The van der Waals surface area contributed by atoms with Crippen molar-refractivity contribution in [2.75, 3.05) is 10.5 Å². The van der Waals surface area contributed by atoms with E-state index in [9.17, 15) is 17.0 Å². The average molecular weight is 461 g/mol. The first-order valence-electron chi connectivity index (χ1n) is 8.85. The van der Waals surface area contributed by atoms with Crippen LogP contribution in [0.4, 0.5) is 15.8 Å². The summed E-state index contributed by atoms with van der Waals surface area (Å²) in [4.78, 5) is 0.151. The second-order valence-electron chi connectivity index (χ2n) is 6.58. The van der Waals surface area contributed by atoms with E-state index < -0.39 is 26.6 Å². The van der Waals surface area contributed by atoms with Crippen LogP contribution in [0, 0.1) is 5.82 Å². The van der Waals surface area contributed by atoms with Gasteiger partial charge in [-0.15, -0.1) is 0 Å². The molecule has 1 atom stereocenters. The Morgan fingerprint density at radius 1 is 1.00 bits per heavy atom. The summed E-state index contributed by atoms with van der Waals surface area (Å²) < 4.78 is 60.1. The van der Waals surface area contributed by atoms with Crippen LogP contribution in [-0.4, -0.2) is 12.6 Å². The van der Waals surface area contributed by atoms with Crippen LogP contribution in [-0.2, 0) is 26.6 Å². The number of para-hydroxylation sites is 1. The molecule has 1 unspecified atom stereocenters. The van der Waals surface area contributed by atoms with Gasteiger partial charge in [0.05, 0.1) is 27.1 Å². The quantitative estimate of drug-likeness (QED) is 0.399. The highest BCUT2D eigenvalue weighted by Crippen LogP contribution is 2.28. The van der Waals surface area contributed by atoms with Crippen LogP contribution < -0.4 is 10.5 Å².